The van der Waals surface area contributed by atoms with Gasteiger partial charge in [0.1, 0.15) is 10.6 Å². The van der Waals surface area contributed by atoms with Crippen LogP contribution in [0.25, 0.3) is 0 Å². The van der Waals surface area contributed by atoms with Gasteiger partial charge in [0, 0.05) is 25.2 Å². The molecule has 0 amide bonds. The van der Waals surface area contributed by atoms with Crippen molar-refractivity contribution in [1.82, 2.24) is 4.72 Å². The minimum Gasteiger partial charge on any atom is -0.495 e. The molecule has 1 heterocycles. The number of hydrogen-bond acceptors (Lipinski definition) is 4. The fraction of sp³-hybridized carbons (Fsp3) is 0.400. The van der Waals surface area contributed by atoms with Crippen LogP contribution in [0.5, 0.6) is 5.75 Å². The van der Waals surface area contributed by atoms with Gasteiger partial charge in [-0.3, -0.25) is 0 Å². The van der Waals surface area contributed by atoms with Crippen LogP contribution in [0.1, 0.15) is 24.0 Å². The highest BCUT2D eigenvalue weighted by atomic mass is 32.2. The van der Waals surface area contributed by atoms with Crippen molar-refractivity contribution in [1.29, 1.82) is 0 Å². The van der Waals surface area contributed by atoms with Crippen molar-refractivity contribution in [3.8, 4) is 5.75 Å². The first-order chi connectivity index (χ1) is 12.5. The zero-order chi connectivity index (χ0) is 18.6. The average molecular weight is 375 g/mol. The first-order valence-electron chi connectivity index (χ1n) is 8.74. The van der Waals surface area contributed by atoms with Crippen LogP contribution in [0.15, 0.2) is 53.4 Å². The molecule has 0 bridgehead atoms. The molecule has 5 nitrogen and oxygen atoms in total. The number of ether oxygens (including phenoxy) is 2. The lowest BCUT2D eigenvalue weighted by molar-refractivity contribution is 0.0517. The summed E-state index contributed by atoms with van der Waals surface area (Å²) in [4.78, 5) is 0.176. The van der Waals surface area contributed by atoms with Crippen molar-refractivity contribution in [3.05, 3.63) is 59.7 Å². The first kappa shape index (κ1) is 18.9. The summed E-state index contributed by atoms with van der Waals surface area (Å²) in [7, 11) is -2.21. The minimum atomic E-state index is -3.69. The molecule has 0 unspecified atom stereocenters. The molecule has 0 aromatic heterocycles. The van der Waals surface area contributed by atoms with E-state index in [2.05, 4.69) is 16.9 Å². The van der Waals surface area contributed by atoms with E-state index in [4.69, 9.17) is 9.47 Å². The van der Waals surface area contributed by atoms with Crippen LogP contribution in [0.3, 0.4) is 0 Å². The molecule has 0 spiro atoms. The summed E-state index contributed by atoms with van der Waals surface area (Å²) in [6.07, 6.45) is 1.56. The highest BCUT2D eigenvalue weighted by Crippen LogP contribution is 2.35. The van der Waals surface area contributed by atoms with Gasteiger partial charge in [-0.05, 0) is 43.0 Å². The van der Waals surface area contributed by atoms with Crippen LogP contribution in [-0.2, 0) is 20.2 Å². The lowest BCUT2D eigenvalue weighted by Gasteiger charge is -2.38. The van der Waals surface area contributed by atoms with Crippen molar-refractivity contribution >= 4 is 10.0 Å². The Morgan fingerprint density at radius 1 is 1.12 bits per heavy atom. The molecule has 0 radical (unpaired) electrons. The summed E-state index contributed by atoms with van der Waals surface area (Å²) in [5, 5.41) is 0. The third kappa shape index (κ3) is 3.92. The lowest BCUT2D eigenvalue weighted by atomic mass is 9.74. The van der Waals surface area contributed by atoms with Crippen molar-refractivity contribution in [2.24, 2.45) is 0 Å². The van der Waals surface area contributed by atoms with Crippen molar-refractivity contribution in [2.75, 3.05) is 26.9 Å². The highest BCUT2D eigenvalue weighted by Gasteiger charge is 2.36. The van der Waals surface area contributed by atoms with Gasteiger partial charge in [-0.1, -0.05) is 36.4 Å². The number of nitrogens with one attached hydrogen (secondary N) is 1. The Balaban J connectivity index is 1.88. The second-order valence-electron chi connectivity index (χ2n) is 6.74. The third-order valence-electron chi connectivity index (χ3n) is 5.05. The monoisotopic (exact) mass is 375 g/mol. The molecule has 1 saturated heterocycles. The molecular weight excluding hydrogens is 350 g/mol. The molecule has 1 aliphatic heterocycles. The average Bonchev–Trinajstić information content (AvgIpc) is 2.68. The Labute approximate surface area is 155 Å². The number of benzene rings is 2. The molecule has 1 fully saturated rings. The predicted octanol–water partition coefficient (Wildman–Crippen LogP) is 3.03. The predicted molar refractivity (Wildman–Crippen MR) is 101 cm³/mol. The Hall–Kier alpha value is -1.89. The summed E-state index contributed by atoms with van der Waals surface area (Å²) < 4.78 is 39.5. The van der Waals surface area contributed by atoms with E-state index in [1.165, 1.54) is 7.11 Å². The summed E-state index contributed by atoms with van der Waals surface area (Å²) in [6, 6.07) is 15.2. The van der Waals surface area contributed by atoms with Crippen LogP contribution < -0.4 is 9.46 Å². The molecule has 2 aromatic rings. The second kappa shape index (κ2) is 7.78. The Kier molecular flexibility index (Phi) is 5.65. The molecule has 1 aliphatic rings. The van der Waals surface area contributed by atoms with Crippen molar-refractivity contribution in [3.63, 3.8) is 0 Å². The van der Waals surface area contributed by atoms with Crippen LogP contribution in [-0.4, -0.2) is 35.3 Å². The molecule has 0 atom stereocenters. The molecule has 26 heavy (non-hydrogen) atoms. The van der Waals surface area contributed by atoms with Gasteiger partial charge in [-0.2, -0.15) is 0 Å². The highest BCUT2D eigenvalue weighted by molar-refractivity contribution is 7.89. The van der Waals surface area contributed by atoms with Gasteiger partial charge in [-0.25, -0.2) is 13.1 Å². The van der Waals surface area contributed by atoms with Crippen molar-refractivity contribution in [2.45, 2.75) is 30.1 Å². The largest absolute Gasteiger partial charge is 0.495 e. The fourth-order valence-corrected chi connectivity index (χ4v) is 4.81. The third-order valence-corrected chi connectivity index (χ3v) is 6.47. The quantitative estimate of drug-likeness (QED) is 0.843. The van der Waals surface area contributed by atoms with E-state index in [-0.39, 0.29) is 10.3 Å². The van der Waals surface area contributed by atoms with Gasteiger partial charge in [0.15, 0.2) is 0 Å². The summed E-state index contributed by atoms with van der Waals surface area (Å²) >= 11 is 0. The maximum Gasteiger partial charge on any atom is 0.244 e. The molecule has 0 saturated carbocycles. The maximum atomic E-state index is 13.0. The summed E-state index contributed by atoms with van der Waals surface area (Å²) in [5.41, 5.74) is 1.75. The standard InChI is InChI=1S/C20H25NO4S/c1-16-8-9-18(24-2)19(14-16)26(22,23)21-15-20(10-12-25-13-11-20)17-6-4-3-5-7-17/h3-9,14,21H,10-13,15H2,1-2H3. The first-order valence-corrected chi connectivity index (χ1v) is 10.2. The summed E-state index contributed by atoms with van der Waals surface area (Å²) in [6.45, 7) is 3.46. The number of sulfonamides is 1. The van der Waals surface area contributed by atoms with Gasteiger partial charge in [0.25, 0.3) is 0 Å². The van der Waals surface area contributed by atoms with Crippen LogP contribution in [0, 0.1) is 6.92 Å². The molecule has 1 N–H and O–H groups in total. The SMILES string of the molecule is COc1ccc(C)cc1S(=O)(=O)NCC1(c2ccccc2)CCOCC1. The normalized spacial score (nSPS) is 17.0. The van der Waals surface area contributed by atoms with Crippen molar-refractivity contribution < 1.29 is 17.9 Å². The molecule has 6 heteroatoms. The van der Waals surface area contributed by atoms with E-state index < -0.39 is 10.0 Å². The van der Waals surface area contributed by atoms with Gasteiger partial charge in [0.2, 0.25) is 10.0 Å². The molecule has 0 aliphatic carbocycles. The topological polar surface area (TPSA) is 64.6 Å². The van der Waals surface area contributed by atoms with E-state index in [0.29, 0.717) is 25.5 Å². The zero-order valence-electron chi connectivity index (χ0n) is 15.2. The fourth-order valence-electron chi connectivity index (χ4n) is 3.43. The molecule has 2 aromatic carbocycles. The van der Waals surface area contributed by atoms with E-state index >= 15 is 0 Å². The van der Waals surface area contributed by atoms with Crippen LogP contribution in [0.2, 0.25) is 0 Å². The van der Waals surface area contributed by atoms with E-state index in [0.717, 1.165) is 24.0 Å². The Morgan fingerprint density at radius 3 is 2.46 bits per heavy atom. The number of rotatable bonds is 6. The van der Waals surface area contributed by atoms with E-state index in [1.807, 2.05) is 31.2 Å². The zero-order valence-corrected chi connectivity index (χ0v) is 16.0. The van der Waals surface area contributed by atoms with Crippen LogP contribution in [0.4, 0.5) is 0 Å². The number of aryl methyl sites for hydroxylation is 1. The van der Waals surface area contributed by atoms with E-state index in [1.54, 1.807) is 12.1 Å². The van der Waals surface area contributed by atoms with Gasteiger partial charge in [0.05, 0.1) is 7.11 Å². The van der Waals surface area contributed by atoms with Gasteiger partial charge < -0.3 is 9.47 Å². The number of hydrogen-bond donors (Lipinski definition) is 1. The number of methoxy groups -OCH3 is 1. The maximum absolute atomic E-state index is 13.0. The van der Waals surface area contributed by atoms with Gasteiger partial charge in [-0.15, -0.1) is 0 Å². The smallest absolute Gasteiger partial charge is 0.244 e. The van der Waals surface area contributed by atoms with Crippen LogP contribution >= 0.6 is 0 Å². The van der Waals surface area contributed by atoms with E-state index in [9.17, 15) is 8.42 Å². The molecule has 140 valence electrons. The molecular formula is C20H25NO4S. The lowest BCUT2D eigenvalue weighted by Crippen LogP contribution is -2.44. The molecule has 3 rings (SSSR count). The Morgan fingerprint density at radius 2 is 1.81 bits per heavy atom. The Bertz CT molecular complexity index is 843. The second-order valence-corrected chi connectivity index (χ2v) is 8.47. The van der Waals surface area contributed by atoms with Gasteiger partial charge >= 0.3 is 0 Å². The minimum absolute atomic E-state index is 0.176. The summed E-state index contributed by atoms with van der Waals surface area (Å²) in [5.74, 6) is 0.351.